The van der Waals surface area contributed by atoms with Gasteiger partial charge < -0.3 is 24.4 Å². The van der Waals surface area contributed by atoms with E-state index in [-0.39, 0.29) is 24.0 Å². The number of ether oxygens (including phenoxy) is 2. The molecule has 0 radical (unpaired) electrons. The fraction of sp³-hybridized carbons (Fsp3) is 0.765. The van der Waals surface area contributed by atoms with E-state index >= 15 is 0 Å². The van der Waals surface area contributed by atoms with Gasteiger partial charge in [-0.05, 0) is 25.7 Å². The average Bonchev–Trinajstić information content (AvgIpc) is 2.93. The zero-order valence-corrected chi connectivity index (χ0v) is 14.1. The van der Waals surface area contributed by atoms with E-state index in [2.05, 4.69) is 10.5 Å². The first-order valence-electron chi connectivity index (χ1n) is 8.70. The largest absolute Gasteiger partial charge is 0.390 e. The quantitative estimate of drug-likeness (QED) is 0.776. The van der Waals surface area contributed by atoms with Crippen LogP contribution >= 0.6 is 0 Å². The number of nitrogens with zero attached hydrogens (tertiary/aromatic N) is 1. The first-order chi connectivity index (χ1) is 11.7. The first-order valence-corrected chi connectivity index (χ1v) is 8.70. The molecule has 134 valence electrons. The maximum atomic E-state index is 11.9. The van der Waals surface area contributed by atoms with Crippen molar-refractivity contribution >= 4 is 5.91 Å². The van der Waals surface area contributed by atoms with Crippen molar-refractivity contribution in [3.05, 3.63) is 17.5 Å². The Kier molecular flexibility index (Phi) is 5.86. The molecule has 3 atom stereocenters. The highest BCUT2D eigenvalue weighted by atomic mass is 16.5. The molecule has 2 fully saturated rings. The van der Waals surface area contributed by atoms with Gasteiger partial charge in [-0.15, -0.1) is 0 Å². The van der Waals surface area contributed by atoms with Gasteiger partial charge in [-0.25, -0.2) is 0 Å². The number of carbonyl (C=O) groups excluding carboxylic acids is 1. The van der Waals surface area contributed by atoms with Gasteiger partial charge in [0.25, 0.3) is 0 Å². The number of nitrogens with one attached hydrogen (secondary N) is 1. The van der Waals surface area contributed by atoms with Gasteiger partial charge in [-0.2, -0.15) is 0 Å². The van der Waals surface area contributed by atoms with Crippen LogP contribution in [0.15, 0.2) is 10.6 Å². The lowest BCUT2D eigenvalue weighted by molar-refractivity contribution is -0.133. The van der Waals surface area contributed by atoms with Crippen LogP contribution in [0.1, 0.15) is 43.6 Å². The molecule has 2 N–H and O–H groups in total. The second-order valence-electron chi connectivity index (χ2n) is 6.74. The maximum Gasteiger partial charge on any atom is 0.223 e. The molecule has 1 amide bonds. The second-order valence-corrected chi connectivity index (χ2v) is 6.74. The van der Waals surface area contributed by atoms with Crippen molar-refractivity contribution < 1.29 is 23.9 Å². The molecule has 0 aromatic carbocycles. The monoisotopic (exact) mass is 338 g/mol. The topological polar surface area (TPSA) is 93.8 Å². The highest BCUT2D eigenvalue weighted by Crippen LogP contribution is 2.27. The SMILES string of the molecule is COCc1cc(CC2CCC(O)C(CNC(=O)C3CCC3)O2)no1. The highest BCUT2D eigenvalue weighted by molar-refractivity contribution is 5.79. The summed E-state index contributed by atoms with van der Waals surface area (Å²) in [6, 6.07) is 1.87. The number of aromatic nitrogens is 1. The lowest BCUT2D eigenvalue weighted by Crippen LogP contribution is -2.48. The van der Waals surface area contributed by atoms with E-state index in [0.717, 1.165) is 31.4 Å². The summed E-state index contributed by atoms with van der Waals surface area (Å²) in [5.74, 6) is 0.920. The van der Waals surface area contributed by atoms with E-state index in [1.54, 1.807) is 7.11 Å². The van der Waals surface area contributed by atoms with Crippen molar-refractivity contribution in [3.8, 4) is 0 Å². The summed E-state index contributed by atoms with van der Waals surface area (Å²) in [4.78, 5) is 11.9. The fourth-order valence-corrected chi connectivity index (χ4v) is 3.19. The summed E-state index contributed by atoms with van der Waals surface area (Å²) in [5.41, 5.74) is 0.820. The molecule has 1 saturated carbocycles. The van der Waals surface area contributed by atoms with Gasteiger partial charge in [-0.1, -0.05) is 11.6 Å². The lowest BCUT2D eigenvalue weighted by Gasteiger charge is -2.34. The van der Waals surface area contributed by atoms with E-state index in [1.165, 1.54) is 0 Å². The van der Waals surface area contributed by atoms with Crippen LogP contribution in [0.4, 0.5) is 0 Å². The number of methoxy groups -OCH3 is 1. The van der Waals surface area contributed by atoms with E-state index in [0.29, 0.717) is 31.8 Å². The Hall–Kier alpha value is -1.44. The summed E-state index contributed by atoms with van der Waals surface area (Å²) >= 11 is 0. The summed E-state index contributed by atoms with van der Waals surface area (Å²) in [5, 5.41) is 17.1. The van der Waals surface area contributed by atoms with Crippen molar-refractivity contribution in [1.82, 2.24) is 10.5 Å². The number of carbonyl (C=O) groups is 1. The van der Waals surface area contributed by atoms with Crippen molar-refractivity contribution in [2.24, 2.45) is 5.92 Å². The molecule has 1 aliphatic carbocycles. The Labute approximate surface area is 141 Å². The second kappa shape index (κ2) is 8.09. The molecular formula is C17H26N2O5. The number of amides is 1. The molecule has 3 unspecified atom stereocenters. The highest BCUT2D eigenvalue weighted by Gasteiger charge is 2.32. The van der Waals surface area contributed by atoms with Crippen molar-refractivity contribution in [3.63, 3.8) is 0 Å². The van der Waals surface area contributed by atoms with Gasteiger partial charge in [0.2, 0.25) is 5.91 Å². The van der Waals surface area contributed by atoms with Gasteiger partial charge >= 0.3 is 0 Å². The lowest BCUT2D eigenvalue weighted by atomic mass is 9.85. The third kappa shape index (κ3) is 4.34. The summed E-state index contributed by atoms with van der Waals surface area (Å²) in [7, 11) is 1.61. The predicted octanol–water partition coefficient (Wildman–Crippen LogP) is 1.19. The van der Waals surface area contributed by atoms with Crippen LogP contribution in [-0.4, -0.2) is 48.1 Å². The minimum atomic E-state index is -0.538. The Balaban J connectivity index is 1.47. The molecule has 0 spiro atoms. The molecule has 1 aromatic heterocycles. The summed E-state index contributed by atoms with van der Waals surface area (Å²) in [6.07, 6.45) is 4.20. The van der Waals surface area contributed by atoms with Crippen LogP contribution in [0, 0.1) is 5.92 Å². The van der Waals surface area contributed by atoms with Crippen LogP contribution in [0.25, 0.3) is 0 Å². The van der Waals surface area contributed by atoms with E-state index in [9.17, 15) is 9.90 Å². The van der Waals surface area contributed by atoms with Crippen molar-refractivity contribution in [2.45, 2.75) is 63.4 Å². The minimum absolute atomic E-state index is 0.0282. The van der Waals surface area contributed by atoms with Crippen molar-refractivity contribution in [1.29, 1.82) is 0 Å². The molecule has 1 aromatic rings. The Morgan fingerprint density at radius 1 is 1.42 bits per heavy atom. The van der Waals surface area contributed by atoms with Crippen LogP contribution in [0.5, 0.6) is 0 Å². The predicted molar refractivity (Wildman–Crippen MR) is 85.2 cm³/mol. The summed E-state index contributed by atoms with van der Waals surface area (Å²) < 4.78 is 16.2. The third-order valence-corrected chi connectivity index (χ3v) is 4.87. The van der Waals surface area contributed by atoms with Gasteiger partial charge in [0, 0.05) is 32.1 Å². The molecule has 0 bridgehead atoms. The molecule has 7 heteroatoms. The zero-order chi connectivity index (χ0) is 16.9. The molecule has 2 aliphatic rings. The standard InChI is InChI=1S/C17H26N2O5/c1-22-10-14-8-12(19-24-14)7-13-5-6-15(20)16(23-13)9-18-17(21)11-3-2-4-11/h8,11,13,15-16,20H,2-7,9-10H2,1H3,(H,18,21). The third-order valence-electron chi connectivity index (χ3n) is 4.87. The van der Waals surface area contributed by atoms with Gasteiger partial charge in [0.15, 0.2) is 5.76 Å². The smallest absolute Gasteiger partial charge is 0.223 e. The van der Waals surface area contributed by atoms with Gasteiger partial charge in [0.05, 0.1) is 17.9 Å². The molecule has 1 saturated heterocycles. The molecule has 1 aliphatic heterocycles. The van der Waals surface area contributed by atoms with Crippen LogP contribution in [0.3, 0.4) is 0 Å². The van der Waals surface area contributed by atoms with Crippen molar-refractivity contribution in [2.75, 3.05) is 13.7 Å². The molecule has 2 heterocycles. The van der Waals surface area contributed by atoms with E-state index < -0.39 is 6.10 Å². The van der Waals surface area contributed by atoms with Crippen LogP contribution in [0.2, 0.25) is 0 Å². The number of hydrogen-bond acceptors (Lipinski definition) is 6. The van der Waals surface area contributed by atoms with Gasteiger partial charge in [-0.3, -0.25) is 4.79 Å². The number of rotatable bonds is 7. The van der Waals surface area contributed by atoms with Gasteiger partial charge in [0.1, 0.15) is 12.7 Å². The minimum Gasteiger partial charge on any atom is -0.390 e. The molecule has 7 nitrogen and oxygen atoms in total. The maximum absolute atomic E-state index is 11.9. The Morgan fingerprint density at radius 2 is 2.25 bits per heavy atom. The number of hydrogen-bond donors (Lipinski definition) is 2. The fourth-order valence-electron chi connectivity index (χ4n) is 3.19. The average molecular weight is 338 g/mol. The van der Waals surface area contributed by atoms with Crippen LogP contribution < -0.4 is 5.32 Å². The van der Waals surface area contributed by atoms with Crippen LogP contribution in [-0.2, 0) is 27.3 Å². The number of aliphatic hydroxyl groups is 1. The Bertz CT molecular complexity index is 543. The molecule has 3 rings (SSSR count). The zero-order valence-electron chi connectivity index (χ0n) is 14.1. The molecular weight excluding hydrogens is 312 g/mol. The molecule has 24 heavy (non-hydrogen) atoms. The van der Waals surface area contributed by atoms with E-state index in [1.807, 2.05) is 6.07 Å². The normalized spacial score (nSPS) is 27.7. The first kappa shape index (κ1) is 17.4. The van der Waals surface area contributed by atoms with E-state index in [4.69, 9.17) is 14.0 Å². The number of aliphatic hydroxyl groups excluding tert-OH is 1. The Morgan fingerprint density at radius 3 is 2.96 bits per heavy atom. The summed E-state index contributed by atoms with van der Waals surface area (Å²) in [6.45, 7) is 0.758.